The van der Waals surface area contributed by atoms with Gasteiger partial charge in [-0.1, -0.05) is 35.3 Å². The Bertz CT molecular complexity index is 837. The molecule has 23 heavy (non-hydrogen) atoms. The number of fused-ring (bicyclic) bond motifs is 1. The molecular weight excluding hydrogens is 341 g/mol. The summed E-state index contributed by atoms with van der Waals surface area (Å²) in [5.74, 6) is -1.57. The second-order valence-corrected chi connectivity index (χ2v) is 6.09. The van der Waals surface area contributed by atoms with Crippen LogP contribution in [0.15, 0.2) is 36.4 Å². The highest BCUT2D eigenvalue weighted by atomic mass is 35.5. The largest absolute Gasteiger partial charge is 0.507 e. The minimum atomic E-state index is -2.11. The first kappa shape index (κ1) is 15.8. The highest BCUT2D eigenvalue weighted by Gasteiger charge is 2.48. The van der Waals surface area contributed by atoms with Gasteiger partial charge in [0.1, 0.15) is 5.75 Å². The Morgan fingerprint density at radius 3 is 2.61 bits per heavy atom. The van der Waals surface area contributed by atoms with Crippen LogP contribution in [0, 0.1) is 0 Å². The molecular formula is C16H11Cl2NO4. The number of anilines is 1. The van der Waals surface area contributed by atoms with Gasteiger partial charge in [-0.15, -0.1) is 0 Å². The zero-order chi connectivity index (χ0) is 16.8. The van der Waals surface area contributed by atoms with E-state index in [0.29, 0.717) is 5.02 Å². The standard InChI is InChI=1S/C16H11Cl2NO4/c17-8-5-10(18)14-11(6-8)19-15(22)16(14,23)7-13(21)9-3-1-2-4-12(9)20/h1-6,20,23H,7H2,(H,19,22)/t16-/m0/s1. The van der Waals surface area contributed by atoms with Crippen LogP contribution in [0.1, 0.15) is 22.3 Å². The fraction of sp³-hybridized carbons (Fsp3) is 0.125. The number of benzene rings is 2. The highest BCUT2D eigenvalue weighted by molar-refractivity contribution is 6.36. The van der Waals surface area contributed by atoms with Crippen LogP contribution < -0.4 is 5.32 Å². The van der Waals surface area contributed by atoms with Gasteiger partial charge in [0, 0.05) is 10.6 Å². The van der Waals surface area contributed by atoms with Crippen molar-refractivity contribution in [2.45, 2.75) is 12.0 Å². The van der Waals surface area contributed by atoms with Gasteiger partial charge >= 0.3 is 0 Å². The number of amides is 1. The molecule has 1 amide bonds. The van der Waals surface area contributed by atoms with E-state index in [-0.39, 0.29) is 27.6 Å². The summed E-state index contributed by atoms with van der Waals surface area (Å²) in [5.41, 5.74) is -1.72. The van der Waals surface area contributed by atoms with E-state index in [0.717, 1.165) is 0 Å². The van der Waals surface area contributed by atoms with Crippen LogP contribution in [0.5, 0.6) is 5.75 Å². The van der Waals surface area contributed by atoms with Crippen LogP contribution in [0.4, 0.5) is 5.69 Å². The van der Waals surface area contributed by atoms with Gasteiger partial charge in [0.2, 0.25) is 0 Å². The SMILES string of the molecule is O=C(C[C@@]1(O)C(=O)Nc2cc(Cl)cc(Cl)c21)c1ccccc1O. The number of ketones is 1. The summed E-state index contributed by atoms with van der Waals surface area (Å²) < 4.78 is 0. The van der Waals surface area contributed by atoms with Crippen LogP contribution in [0.3, 0.4) is 0 Å². The van der Waals surface area contributed by atoms with E-state index in [9.17, 15) is 19.8 Å². The number of para-hydroxylation sites is 1. The molecule has 0 fully saturated rings. The van der Waals surface area contributed by atoms with Crippen molar-refractivity contribution < 1.29 is 19.8 Å². The van der Waals surface area contributed by atoms with E-state index in [1.807, 2.05) is 0 Å². The van der Waals surface area contributed by atoms with Crippen molar-refractivity contribution in [3.63, 3.8) is 0 Å². The van der Waals surface area contributed by atoms with Crippen molar-refractivity contribution in [1.82, 2.24) is 0 Å². The molecule has 0 aliphatic carbocycles. The summed E-state index contributed by atoms with van der Waals surface area (Å²) in [6, 6.07) is 8.75. The third-order valence-corrected chi connectivity index (χ3v) is 4.23. The lowest BCUT2D eigenvalue weighted by Crippen LogP contribution is -2.36. The maximum Gasteiger partial charge on any atom is 0.261 e. The topological polar surface area (TPSA) is 86.6 Å². The molecule has 3 N–H and O–H groups in total. The number of hydrogen-bond donors (Lipinski definition) is 3. The molecule has 0 spiro atoms. The van der Waals surface area contributed by atoms with Gasteiger partial charge in [-0.2, -0.15) is 0 Å². The van der Waals surface area contributed by atoms with Crippen LogP contribution >= 0.6 is 23.2 Å². The Morgan fingerprint density at radius 2 is 1.91 bits per heavy atom. The Morgan fingerprint density at radius 1 is 1.22 bits per heavy atom. The molecule has 0 bridgehead atoms. The fourth-order valence-corrected chi connectivity index (χ4v) is 3.29. The third kappa shape index (κ3) is 2.57. The van der Waals surface area contributed by atoms with Gasteiger partial charge in [-0.25, -0.2) is 0 Å². The average molecular weight is 352 g/mol. The molecule has 1 heterocycles. The van der Waals surface area contributed by atoms with Crippen molar-refractivity contribution in [2.24, 2.45) is 0 Å². The van der Waals surface area contributed by atoms with Gasteiger partial charge in [0.05, 0.1) is 22.7 Å². The maximum atomic E-state index is 12.4. The molecule has 0 saturated heterocycles. The van der Waals surface area contributed by atoms with Crippen LogP contribution in [0.2, 0.25) is 10.0 Å². The summed E-state index contributed by atoms with van der Waals surface area (Å²) in [5, 5.41) is 23.4. The molecule has 7 heteroatoms. The molecule has 1 atom stereocenters. The molecule has 5 nitrogen and oxygen atoms in total. The third-order valence-electron chi connectivity index (χ3n) is 3.71. The van der Waals surface area contributed by atoms with Crippen molar-refractivity contribution in [3.8, 4) is 5.75 Å². The van der Waals surface area contributed by atoms with Gasteiger partial charge < -0.3 is 15.5 Å². The number of phenols is 1. The second-order valence-electron chi connectivity index (χ2n) is 5.24. The molecule has 0 unspecified atom stereocenters. The minimum absolute atomic E-state index is 0.0206. The number of aromatic hydroxyl groups is 1. The molecule has 0 saturated carbocycles. The number of carbonyl (C=O) groups excluding carboxylic acids is 2. The van der Waals surface area contributed by atoms with Crippen LogP contribution in [-0.4, -0.2) is 21.9 Å². The number of aliphatic hydroxyl groups is 1. The predicted octanol–water partition coefficient (Wildman–Crippen LogP) is 3.11. The molecule has 2 aromatic carbocycles. The smallest absolute Gasteiger partial charge is 0.261 e. The quantitative estimate of drug-likeness (QED) is 0.741. The first-order chi connectivity index (χ1) is 10.8. The zero-order valence-electron chi connectivity index (χ0n) is 11.6. The Labute approximate surface area is 141 Å². The van der Waals surface area contributed by atoms with E-state index >= 15 is 0 Å². The lowest BCUT2D eigenvalue weighted by molar-refractivity contribution is -0.133. The highest BCUT2D eigenvalue weighted by Crippen LogP contribution is 2.44. The minimum Gasteiger partial charge on any atom is -0.507 e. The van der Waals surface area contributed by atoms with Crippen LogP contribution in [-0.2, 0) is 10.4 Å². The average Bonchev–Trinajstić information content (AvgIpc) is 2.70. The first-order valence-electron chi connectivity index (χ1n) is 6.67. The van der Waals surface area contributed by atoms with E-state index in [1.54, 1.807) is 12.1 Å². The monoisotopic (exact) mass is 351 g/mol. The summed E-state index contributed by atoms with van der Waals surface area (Å²) in [6.07, 6.45) is -0.551. The van der Waals surface area contributed by atoms with Crippen molar-refractivity contribution in [1.29, 1.82) is 0 Å². The molecule has 118 valence electrons. The normalized spacial score (nSPS) is 19.3. The summed E-state index contributed by atoms with van der Waals surface area (Å²) in [7, 11) is 0. The van der Waals surface area contributed by atoms with E-state index in [1.165, 1.54) is 24.3 Å². The Hall–Kier alpha value is -2.08. The lowest BCUT2D eigenvalue weighted by Gasteiger charge is -2.21. The van der Waals surface area contributed by atoms with Gasteiger partial charge in [0.15, 0.2) is 11.4 Å². The molecule has 0 radical (unpaired) electrons. The number of Topliss-reactive ketones (excluding diaryl/α,β-unsaturated/α-hetero) is 1. The maximum absolute atomic E-state index is 12.4. The molecule has 1 aliphatic heterocycles. The van der Waals surface area contributed by atoms with Crippen LogP contribution in [0.25, 0.3) is 0 Å². The number of halogens is 2. The predicted molar refractivity (Wildman–Crippen MR) is 86.0 cm³/mol. The molecule has 0 aromatic heterocycles. The molecule has 1 aliphatic rings. The van der Waals surface area contributed by atoms with E-state index < -0.39 is 23.7 Å². The van der Waals surface area contributed by atoms with Gasteiger partial charge in [-0.05, 0) is 24.3 Å². The second kappa shape index (κ2) is 5.53. The summed E-state index contributed by atoms with van der Waals surface area (Å²) >= 11 is 12.0. The van der Waals surface area contributed by atoms with Crippen molar-refractivity contribution in [2.75, 3.05) is 5.32 Å². The number of hydrogen-bond acceptors (Lipinski definition) is 4. The number of rotatable bonds is 3. The van der Waals surface area contributed by atoms with E-state index in [2.05, 4.69) is 5.32 Å². The fourth-order valence-electron chi connectivity index (χ4n) is 2.64. The zero-order valence-corrected chi connectivity index (χ0v) is 13.1. The number of nitrogens with one attached hydrogen (secondary N) is 1. The first-order valence-corrected chi connectivity index (χ1v) is 7.43. The van der Waals surface area contributed by atoms with Gasteiger partial charge in [-0.3, -0.25) is 9.59 Å². The molecule has 3 rings (SSSR count). The number of carbonyl (C=O) groups is 2. The Kier molecular flexibility index (Phi) is 3.80. The summed E-state index contributed by atoms with van der Waals surface area (Å²) in [4.78, 5) is 24.6. The van der Waals surface area contributed by atoms with Gasteiger partial charge in [0.25, 0.3) is 5.91 Å². The van der Waals surface area contributed by atoms with E-state index in [4.69, 9.17) is 23.2 Å². The van der Waals surface area contributed by atoms with Crippen molar-refractivity contribution in [3.05, 3.63) is 57.6 Å². The molecule has 2 aromatic rings. The lowest BCUT2D eigenvalue weighted by atomic mass is 9.88. The van der Waals surface area contributed by atoms with Crippen molar-refractivity contribution >= 4 is 40.6 Å². The summed E-state index contributed by atoms with van der Waals surface area (Å²) in [6.45, 7) is 0. The number of phenolic OH excluding ortho intramolecular Hbond substituents is 1. The Balaban J connectivity index is 2.02.